The Labute approximate surface area is 162 Å². The molecule has 2 aromatic carbocycles. The van der Waals surface area contributed by atoms with Gasteiger partial charge in [-0.2, -0.15) is 0 Å². The summed E-state index contributed by atoms with van der Waals surface area (Å²) in [7, 11) is 0. The molecule has 28 heavy (non-hydrogen) atoms. The second kappa shape index (κ2) is 7.67. The van der Waals surface area contributed by atoms with Crippen LogP contribution >= 0.6 is 0 Å². The number of hydrogen-bond acceptors (Lipinski definition) is 5. The summed E-state index contributed by atoms with van der Waals surface area (Å²) in [6, 6.07) is 10.5. The van der Waals surface area contributed by atoms with Crippen molar-refractivity contribution in [3.8, 4) is 5.75 Å². The molecule has 146 valence electrons. The first-order valence-corrected chi connectivity index (χ1v) is 8.98. The van der Waals surface area contributed by atoms with E-state index < -0.39 is 28.9 Å². The minimum Gasteiger partial charge on any atom is -0.478 e. The van der Waals surface area contributed by atoms with Gasteiger partial charge in [-0.15, -0.1) is 0 Å². The summed E-state index contributed by atoms with van der Waals surface area (Å²) in [5.41, 5.74) is 1.57. The van der Waals surface area contributed by atoms with Crippen LogP contribution in [0.3, 0.4) is 0 Å². The molecule has 2 amide bonds. The molecule has 0 aliphatic carbocycles. The third kappa shape index (κ3) is 3.53. The lowest BCUT2D eigenvalue weighted by molar-refractivity contribution is -0.384. The number of nitro benzene ring substituents is 1. The van der Waals surface area contributed by atoms with Gasteiger partial charge in [0.05, 0.1) is 10.6 Å². The van der Waals surface area contributed by atoms with Gasteiger partial charge in [0.25, 0.3) is 11.6 Å². The first-order chi connectivity index (χ1) is 13.3. The number of non-ortho nitro benzene ring substituents is 1. The molecule has 0 bridgehead atoms. The number of carbonyl (C=O) groups is 2. The summed E-state index contributed by atoms with van der Waals surface area (Å²) >= 11 is 0. The summed E-state index contributed by atoms with van der Waals surface area (Å²) in [4.78, 5) is 37.7. The highest BCUT2D eigenvalue weighted by molar-refractivity contribution is 6.08. The first-order valence-electron chi connectivity index (χ1n) is 8.98. The fourth-order valence-corrected chi connectivity index (χ4v) is 3.11. The Hall–Kier alpha value is -3.42. The van der Waals surface area contributed by atoms with Gasteiger partial charge in [0.1, 0.15) is 11.8 Å². The fraction of sp³-hybridized carbons (Fsp3) is 0.300. The van der Waals surface area contributed by atoms with E-state index in [1.165, 1.54) is 23.1 Å². The lowest BCUT2D eigenvalue weighted by atomic mass is 10.1. The van der Waals surface area contributed by atoms with Gasteiger partial charge in [0, 0.05) is 17.8 Å². The van der Waals surface area contributed by atoms with Crippen LogP contribution in [-0.2, 0) is 9.59 Å². The standard InChI is InChI=1S/C20H21N3O5/c1-4-17-20(25)22(16-11-14(23(26)27)9-10-18(16)28-17)13(3)19(24)21-15-8-6-5-7-12(15)2/h5-11,13,17H,4H2,1-3H3,(H,21,24). The van der Waals surface area contributed by atoms with Crippen LogP contribution in [0.5, 0.6) is 5.75 Å². The topological polar surface area (TPSA) is 102 Å². The zero-order chi connectivity index (χ0) is 20.4. The van der Waals surface area contributed by atoms with Crippen molar-refractivity contribution in [3.63, 3.8) is 0 Å². The Bertz CT molecular complexity index is 943. The summed E-state index contributed by atoms with van der Waals surface area (Å²) in [5, 5.41) is 14.0. The molecule has 0 saturated heterocycles. The summed E-state index contributed by atoms with van der Waals surface area (Å²) in [6.45, 7) is 5.26. The number of anilines is 2. The number of para-hydroxylation sites is 1. The number of fused-ring (bicyclic) bond motifs is 1. The highest BCUT2D eigenvalue weighted by Gasteiger charge is 2.39. The van der Waals surface area contributed by atoms with Gasteiger partial charge in [0.2, 0.25) is 5.91 Å². The van der Waals surface area contributed by atoms with E-state index in [2.05, 4.69) is 5.32 Å². The number of carbonyl (C=O) groups excluding carboxylic acids is 2. The molecule has 0 radical (unpaired) electrons. The molecule has 0 saturated carbocycles. The molecule has 3 rings (SSSR count). The molecular weight excluding hydrogens is 362 g/mol. The molecule has 2 unspecified atom stereocenters. The van der Waals surface area contributed by atoms with Crippen molar-refractivity contribution in [1.29, 1.82) is 0 Å². The number of nitrogens with zero attached hydrogens (tertiary/aromatic N) is 2. The van der Waals surface area contributed by atoms with E-state index in [9.17, 15) is 19.7 Å². The predicted molar refractivity (Wildman–Crippen MR) is 105 cm³/mol. The third-order valence-electron chi connectivity index (χ3n) is 4.74. The quantitative estimate of drug-likeness (QED) is 0.629. The molecule has 0 spiro atoms. The fourth-order valence-electron chi connectivity index (χ4n) is 3.11. The van der Waals surface area contributed by atoms with Gasteiger partial charge < -0.3 is 10.1 Å². The van der Waals surface area contributed by atoms with Crippen molar-refractivity contribution >= 4 is 28.9 Å². The lowest BCUT2D eigenvalue weighted by Crippen LogP contribution is -2.53. The molecule has 1 aliphatic heterocycles. The molecule has 8 heteroatoms. The van der Waals surface area contributed by atoms with Gasteiger partial charge in [-0.25, -0.2) is 0 Å². The average Bonchev–Trinajstić information content (AvgIpc) is 2.68. The van der Waals surface area contributed by atoms with Crippen LogP contribution in [0.2, 0.25) is 0 Å². The zero-order valence-corrected chi connectivity index (χ0v) is 15.8. The van der Waals surface area contributed by atoms with Crippen LogP contribution in [-0.4, -0.2) is 28.9 Å². The van der Waals surface area contributed by atoms with Crippen LogP contribution < -0.4 is 15.0 Å². The number of rotatable bonds is 5. The van der Waals surface area contributed by atoms with Crippen molar-refractivity contribution in [1.82, 2.24) is 0 Å². The predicted octanol–water partition coefficient (Wildman–Crippen LogP) is 3.43. The number of benzene rings is 2. The molecule has 1 heterocycles. The van der Waals surface area contributed by atoms with Crippen LogP contribution in [0.1, 0.15) is 25.8 Å². The van der Waals surface area contributed by atoms with Crippen LogP contribution in [0.25, 0.3) is 0 Å². The Morgan fingerprint density at radius 3 is 2.68 bits per heavy atom. The Morgan fingerprint density at radius 2 is 2.04 bits per heavy atom. The molecular formula is C20H21N3O5. The number of aryl methyl sites for hydroxylation is 1. The largest absolute Gasteiger partial charge is 0.478 e. The van der Waals surface area contributed by atoms with Crippen molar-refractivity contribution in [2.24, 2.45) is 0 Å². The molecule has 0 fully saturated rings. The number of nitrogens with one attached hydrogen (secondary N) is 1. The molecule has 0 aromatic heterocycles. The molecule has 8 nitrogen and oxygen atoms in total. The smallest absolute Gasteiger partial charge is 0.271 e. The monoisotopic (exact) mass is 383 g/mol. The van der Waals surface area contributed by atoms with Crippen molar-refractivity contribution in [2.45, 2.75) is 39.3 Å². The SMILES string of the molecule is CCC1Oc2ccc([N+](=O)[O-])cc2N(C(C)C(=O)Nc2ccccc2C)C1=O. The van der Waals surface area contributed by atoms with Crippen LogP contribution in [0, 0.1) is 17.0 Å². The summed E-state index contributed by atoms with van der Waals surface area (Å²) in [5.74, 6) is -0.451. The van der Waals surface area contributed by atoms with E-state index in [-0.39, 0.29) is 11.4 Å². The first kappa shape index (κ1) is 19.3. The molecule has 1 N–H and O–H groups in total. The minimum atomic E-state index is -0.884. The van der Waals surface area contributed by atoms with E-state index in [4.69, 9.17) is 4.74 Å². The summed E-state index contributed by atoms with van der Waals surface area (Å²) < 4.78 is 5.68. The summed E-state index contributed by atoms with van der Waals surface area (Å²) in [6.07, 6.45) is -0.333. The van der Waals surface area contributed by atoms with Gasteiger partial charge in [-0.3, -0.25) is 24.6 Å². The van der Waals surface area contributed by atoms with E-state index in [0.29, 0.717) is 17.9 Å². The highest BCUT2D eigenvalue weighted by atomic mass is 16.6. The zero-order valence-electron chi connectivity index (χ0n) is 15.8. The molecule has 2 aromatic rings. The second-order valence-corrected chi connectivity index (χ2v) is 6.61. The highest BCUT2D eigenvalue weighted by Crippen LogP contribution is 2.38. The van der Waals surface area contributed by atoms with Gasteiger partial charge in [-0.1, -0.05) is 25.1 Å². The number of ether oxygens (including phenoxy) is 1. The van der Waals surface area contributed by atoms with E-state index in [1.807, 2.05) is 19.1 Å². The Kier molecular flexibility index (Phi) is 5.30. The number of amides is 2. The van der Waals surface area contributed by atoms with E-state index in [1.54, 1.807) is 26.0 Å². The van der Waals surface area contributed by atoms with Crippen LogP contribution in [0.15, 0.2) is 42.5 Å². The van der Waals surface area contributed by atoms with Crippen molar-refractivity contribution in [2.75, 3.05) is 10.2 Å². The third-order valence-corrected chi connectivity index (χ3v) is 4.74. The average molecular weight is 383 g/mol. The minimum absolute atomic E-state index is 0.179. The van der Waals surface area contributed by atoms with Gasteiger partial charge >= 0.3 is 0 Å². The van der Waals surface area contributed by atoms with Crippen molar-refractivity contribution < 1.29 is 19.2 Å². The van der Waals surface area contributed by atoms with E-state index in [0.717, 1.165) is 5.56 Å². The Morgan fingerprint density at radius 1 is 1.32 bits per heavy atom. The lowest BCUT2D eigenvalue weighted by Gasteiger charge is -2.36. The Balaban J connectivity index is 1.97. The van der Waals surface area contributed by atoms with Gasteiger partial charge in [-0.05, 0) is 38.0 Å². The normalized spacial score (nSPS) is 16.8. The van der Waals surface area contributed by atoms with Crippen LogP contribution in [0.4, 0.5) is 17.1 Å². The van der Waals surface area contributed by atoms with Crippen molar-refractivity contribution in [3.05, 3.63) is 58.1 Å². The maximum atomic E-state index is 12.9. The van der Waals surface area contributed by atoms with Gasteiger partial charge in [0.15, 0.2) is 6.10 Å². The molecule has 1 aliphatic rings. The van der Waals surface area contributed by atoms with E-state index >= 15 is 0 Å². The second-order valence-electron chi connectivity index (χ2n) is 6.61. The maximum Gasteiger partial charge on any atom is 0.271 e. The number of nitro groups is 1. The molecule has 2 atom stereocenters. The maximum absolute atomic E-state index is 12.9. The number of hydrogen-bond donors (Lipinski definition) is 1.